The Balaban J connectivity index is 2.53. The third kappa shape index (κ3) is 4.62. The van der Waals surface area contributed by atoms with Gasteiger partial charge >= 0.3 is 18.0 Å². The molecule has 1 aromatic carbocycles. The Morgan fingerprint density at radius 2 is 1.89 bits per heavy atom. The lowest BCUT2D eigenvalue weighted by Gasteiger charge is -2.32. The molecule has 28 heavy (non-hydrogen) atoms. The van der Waals surface area contributed by atoms with Crippen LogP contribution in [-0.4, -0.2) is 51.2 Å². The summed E-state index contributed by atoms with van der Waals surface area (Å²) in [4.78, 5) is 25.3. The molecule has 0 bridgehead atoms. The van der Waals surface area contributed by atoms with E-state index in [1.807, 2.05) is 0 Å². The van der Waals surface area contributed by atoms with E-state index in [9.17, 15) is 22.8 Å². The van der Waals surface area contributed by atoms with Gasteiger partial charge in [0, 0.05) is 6.07 Å². The molecule has 0 aromatic heterocycles. The van der Waals surface area contributed by atoms with Crippen molar-refractivity contribution in [3.05, 3.63) is 34.5 Å². The van der Waals surface area contributed by atoms with E-state index in [4.69, 9.17) is 27.9 Å². The Morgan fingerprint density at radius 3 is 2.46 bits per heavy atom. The predicted molar refractivity (Wildman–Crippen MR) is 92.1 cm³/mol. The first-order valence-electron chi connectivity index (χ1n) is 7.52. The van der Waals surface area contributed by atoms with Crippen LogP contribution in [0.25, 0.3) is 0 Å². The lowest BCUT2D eigenvalue weighted by atomic mass is 10.1. The van der Waals surface area contributed by atoms with E-state index in [0.717, 1.165) is 31.3 Å². The van der Waals surface area contributed by atoms with Crippen molar-refractivity contribution in [2.75, 3.05) is 32.5 Å². The lowest BCUT2D eigenvalue weighted by Crippen LogP contribution is -2.39. The Labute approximate surface area is 167 Å². The number of carbonyl (C=O) groups excluding carboxylic acids is 2. The number of ether oxygens (including phenoxy) is 4. The highest BCUT2D eigenvalue weighted by molar-refractivity contribution is 6.33. The Kier molecular flexibility index (Phi) is 7.02. The van der Waals surface area contributed by atoms with E-state index in [1.54, 1.807) is 0 Å². The van der Waals surface area contributed by atoms with E-state index in [1.165, 1.54) is 6.07 Å². The smallest absolute Gasteiger partial charge is 0.444 e. The first-order chi connectivity index (χ1) is 13.1. The van der Waals surface area contributed by atoms with Gasteiger partial charge < -0.3 is 23.8 Å². The lowest BCUT2D eigenvalue weighted by molar-refractivity contribution is -0.199. The fraction of sp³-hybridized carbons (Fsp3) is 0.375. The van der Waals surface area contributed by atoms with Crippen LogP contribution in [0, 0.1) is 0 Å². The molecular formula is C16H14Cl2F3NO6. The summed E-state index contributed by atoms with van der Waals surface area (Å²) in [7, 11) is 2.19. The van der Waals surface area contributed by atoms with Crippen molar-refractivity contribution in [2.45, 2.75) is 11.7 Å². The molecule has 1 aliphatic heterocycles. The summed E-state index contributed by atoms with van der Waals surface area (Å²) in [6, 6.07) is 3.22. The molecule has 154 valence electrons. The average molecular weight is 444 g/mol. The predicted octanol–water partition coefficient (Wildman–Crippen LogP) is 3.24. The number of esters is 2. The van der Waals surface area contributed by atoms with E-state index >= 15 is 0 Å². The van der Waals surface area contributed by atoms with Gasteiger partial charge in [-0.15, -0.1) is 0 Å². The molecule has 0 aliphatic carbocycles. The van der Waals surface area contributed by atoms with Crippen molar-refractivity contribution in [2.24, 2.45) is 0 Å². The molecule has 0 spiro atoms. The molecule has 0 N–H and O–H groups in total. The number of methoxy groups -OCH3 is 2. The zero-order chi connectivity index (χ0) is 21.1. The number of nitrogens with zero attached hydrogens (tertiary/aromatic N) is 1. The Morgan fingerprint density at radius 1 is 1.25 bits per heavy atom. The molecule has 0 saturated heterocycles. The molecule has 1 aliphatic rings. The van der Waals surface area contributed by atoms with Crippen LogP contribution in [-0.2, 0) is 23.8 Å². The molecule has 1 unspecified atom stereocenters. The topological polar surface area (TPSA) is 74.3 Å². The van der Waals surface area contributed by atoms with Gasteiger partial charge in [-0.1, -0.05) is 23.2 Å². The Bertz CT molecular complexity index is 803. The fourth-order valence-corrected chi connectivity index (χ4v) is 2.56. The summed E-state index contributed by atoms with van der Waals surface area (Å²) in [5.41, 5.74) is -3.56. The van der Waals surface area contributed by atoms with Crippen molar-refractivity contribution in [3.63, 3.8) is 0 Å². The monoisotopic (exact) mass is 443 g/mol. The van der Waals surface area contributed by atoms with Gasteiger partial charge in [0.15, 0.2) is 0 Å². The molecule has 0 saturated carbocycles. The summed E-state index contributed by atoms with van der Waals surface area (Å²) in [5.74, 6) is -2.27. The number of hydrogen-bond donors (Lipinski definition) is 0. The number of alkyl halides is 4. The molecular weight excluding hydrogens is 430 g/mol. The number of anilines is 1. The summed E-state index contributed by atoms with van der Waals surface area (Å²) < 4.78 is 58.5. The van der Waals surface area contributed by atoms with Crippen LogP contribution in [0.4, 0.5) is 18.9 Å². The molecule has 0 amide bonds. The molecule has 0 radical (unpaired) electrons. The van der Waals surface area contributed by atoms with Gasteiger partial charge in [-0.05, 0) is 12.1 Å². The van der Waals surface area contributed by atoms with Gasteiger partial charge in [-0.3, -0.25) is 0 Å². The number of benzene rings is 1. The van der Waals surface area contributed by atoms with Gasteiger partial charge in [0.25, 0.3) is 5.63 Å². The molecule has 0 fully saturated rings. The zero-order valence-corrected chi connectivity index (χ0v) is 16.0. The van der Waals surface area contributed by atoms with E-state index in [-0.39, 0.29) is 35.3 Å². The van der Waals surface area contributed by atoms with Gasteiger partial charge in [-0.25, -0.2) is 14.0 Å². The molecule has 1 aromatic rings. The zero-order valence-electron chi connectivity index (χ0n) is 14.5. The SMILES string of the molecule is COC(=O)C1=C(C(=O)OC)N(c2cc(OC(F)(F)C(F)Cl)ccc2Cl)COC1. The molecule has 1 atom stereocenters. The largest absolute Gasteiger partial charge is 0.466 e. The molecule has 7 nitrogen and oxygen atoms in total. The summed E-state index contributed by atoms with van der Waals surface area (Å²) in [6.07, 6.45) is -4.32. The average Bonchev–Trinajstić information content (AvgIpc) is 2.67. The second-order valence-electron chi connectivity index (χ2n) is 5.29. The number of halogens is 5. The first-order valence-corrected chi connectivity index (χ1v) is 8.33. The molecule has 2 rings (SSSR count). The minimum Gasteiger partial charge on any atom is -0.466 e. The summed E-state index contributed by atoms with van der Waals surface area (Å²) in [5, 5.41) is -0.00513. The summed E-state index contributed by atoms with van der Waals surface area (Å²) >= 11 is 10.9. The highest BCUT2D eigenvalue weighted by Gasteiger charge is 2.42. The Hall–Kier alpha value is -2.17. The van der Waals surface area contributed by atoms with Crippen LogP contribution < -0.4 is 9.64 Å². The van der Waals surface area contributed by atoms with Gasteiger partial charge in [0.1, 0.15) is 18.2 Å². The minimum absolute atomic E-state index is 0.00513. The van der Waals surface area contributed by atoms with Crippen LogP contribution in [0.3, 0.4) is 0 Å². The van der Waals surface area contributed by atoms with Crippen molar-refractivity contribution in [3.8, 4) is 5.75 Å². The first kappa shape index (κ1) is 22.1. The van der Waals surface area contributed by atoms with Crippen LogP contribution in [0.15, 0.2) is 29.5 Å². The van der Waals surface area contributed by atoms with Crippen molar-refractivity contribution >= 4 is 40.8 Å². The normalized spacial score (nSPS) is 15.9. The van der Waals surface area contributed by atoms with Crippen LogP contribution in [0.2, 0.25) is 5.02 Å². The summed E-state index contributed by atoms with van der Waals surface area (Å²) in [6.45, 7) is -0.527. The van der Waals surface area contributed by atoms with Crippen molar-refractivity contribution in [1.82, 2.24) is 0 Å². The third-order valence-electron chi connectivity index (χ3n) is 3.55. The van der Waals surface area contributed by atoms with Crippen molar-refractivity contribution < 1.29 is 41.7 Å². The second-order valence-corrected chi connectivity index (χ2v) is 6.08. The fourth-order valence-electron chi connectivity index (χ4n) is 2.30. The van der Waals surface area contributed by atoms with Gasteiger partial charge in [0.05, 0.1) is 37.1 Å². The quantitative estimate of drug-likeness (QED) is 0.493. The number of carbonyl (C=O) groups is 2. The second kappa shape index (κ2) is 8.89. The standard InChI is InChI=1S/C16H14Cl2F3NO6/c1-25-13(23)9-6-27-7-22(12(9)14(24)26-2)11-5-8(3-4-10(11)17)28-16(20,21)15(18)19/h3-5,15H,6-7H2,1-2H3. The van der Waals surface area contributed by atoms with E-state index in [2.05, 4.69) is 14.2 Å². The van der Waals surface area contributed by atoms with Crippen LogP contribution >= 0.6 is 23.2 Å². The van der Waals surface area contributed by atoms with E-state index in [0.29, 0.717) is 0 Å². The maximum Gasteiger partial charge on any atom is 0.444 e. The third-order valence-corrected chi connectivity index (χ3v) is 4.12. The van der Waals surface area contributed by atoms with Gasteiger partial charge in [-0.2, -0.15) is 8.78 Å². The highest BCUT2D eigenvalue weighted by Crippen LogP contribution is 2.37. The van der Waals surface area contributed by atoms with E-state index < -0.39 is 29.4 Å². The molecule has 1 heterocycles. The van der Waals surface area contributed by atoms with Crippen LogP contribution in [0.5, 0.6) is 5.75 Å². The maximum atomic E-state index is 13.4. The highest BCUT2D eigenvalue weighted by atomic mass is 35.5. The van der Waals surface area contributed by atoms with Gasteiger partial charge in [0.2, 0.25) is 0 Å². The molecule has 12 heteroatoms. The van der Waals surface area contributed by atoms with Crippen molar-refractivity contribution in [1.29, 1.82) is 0 Å². The maximum absolute atomic E-state index is 13.4. The number of hydrogen-bond acceptors (Lipinski definition) is 7. The number of rotatable bonds is 6. The minimum atomic E-state index is -4.32. The van der Waals surface area contributed by atoms with Crippen LogP contribution in [0.1, 0.15) is 0 Å².